The third-order valence-electron chi connectivity index (χ3n) is 5.07. The third-order valence-corrected chi connectivity index (χ3v) is 6.91. The van der Waals surface area contributed by atoms with Crippen LogP contribution in [-0.2, 0) is 26.2 Å². The number of sulfonamides is 1. The molecule has 35 heavy (non-hydrogen) atoms. The lowest BCUT2D eigenvalue weighted by Gasteiger charge is -2.34. The topological polar surface area (TPSA) is 86.8 Å². The molecule has 0 saturated heterocycles. The SMILES string of the molecule is CC[C@H](C(=O)NC(C)(C)C)N(Cc1c(Cl)cccc1Cl)C(=O)CN(c1ccccc1F)S(C)(=O)=O. The van der Waals surface area contributed by atoms with E-state index in [0.29, 0.717) is 9.87 Å². The first kappa shape index (κ1) is 28.9. The van der Waals surface area contributed by atoms with Crippen LogP contribution in [0.2, 0.25) is 10.0 Å². The summed E-state index contributed by atoms with van der Waals surface area (Å²) < 4.78 is 40.2. The summed E-state index contributed by atoms with van der Waals surface area (Å²) in [4.78, 5) is 28.0. The minimum Gasteiger partial charge on any atom is -0.350 e. The second kappa shape index (κ2) is 11.6. The first-order chi connectivity index (χ1) is 16.2. The second-order valence-electron chi connectivity index (χ2n) is 9.11. The maximum absolute atomic E-state index is 14.5. The fraction of sp³-hybridized carbons (Fsp3) is 0.417. The van der Waals surface area contributed by atoms with E-state index in [1.54, 1.807) is 45.9 Å². The van der Waals surface area contributed by atoms with E-state index in [9.17, 15) is 22.4 Å². The minimum atomic E-state index is -4.05. The quantitative estimate of drug-likeness (QED) is 0.498. The maximum Gasteiger partial charge on any atom is 0.244 e. The third kappa shape index (κ3) is 7.81. The van der Waals surface area contributed by atoms with Crippen LogP contribution in [0.5, 0.6) is 0 Å². The van der Waals surface area contributed by atoms with Crippen LogP contribution in [0.1, 0.15) is 39.7 Å². The van der Waals surface area contributed by atoms with Crippen LogP contribution in [0.15, 0.2) is 42.5 Å². The first-order valence-electron chi connectivity index (χ1n) is 10.9. The van der Waals surface area contributed by atoms with Gasteiger partial charge in [0, 0.05) is 27.7 Å². The van der Waals surface area contributed by atoms with Crippen molar-refractivity contribution in [3.05, 3.63) is 63.9 Å². The average Bonchev–Trinajstić information content (AvgIpc) is 2.72. The second-order valence-corrected chi connectivity index (χ2v) is 11.8. The fourth-order valence-corrected chi connectivity index (χ4v) is 4.84. The molecule has 2 aromatic carbocycles. The van der Waals surface area contributed by atoms with Gasteiger partial charge in [-0.3, -0.25) is 13.9 Å². The molecule has 0 bridgehead atoms. The Bertz CT molecular complexity index is 1170. The zero-order chi connectivity index (χ0) is 26.6. The number of nitrogens with one attached hydrogen (secondary N) is 1. The Hall–Kier alpha value is -2.36. The molecule has 7 nitrogen and oxygen atoms in total. The molecule has 0 radical (unpaired) electrons. The average molecular weight is 546 g/mol. The van der Waals surface area contributed by atoms with Gasteiger partial charge in [0.25, 0.3) is 0 Å². The minimum absolute atomic E-state index is 0.151. The van der Waals surface area contributed by atoms with Gasteiger partial charge in [-0.05, 0) is 51.5 Å². The summed E-state index contributed by atoms with van der Waals surface area (Å²) in [6.45, 7) is 6.27. The van der Waals surface area contributed by atoms with Crippen molar-refractivity contribution in [2.75, 3.05) is 17.1 Å². The molecule has 0 heterocycles. The van der Waals surface area contributed by atoms with Crippen molar-refractivity contribution >= 4 is 50.7 Å². The highest BCUT2D eigenvalue weighted by molar-refractivity contribution is 7.92. The van der Waals surface area contributed by atoms with Crippen molar-refractivity contribution in [2.45, 2.75) is 52.2 Å². The van der Waals surface area contributed by atoms with Gasteiger partial charge in [-0.25, -0.2) is 12.8 Å². The van der Waals surface area contributed by atoms with E-state index in [1.807, 2.05) is 0 Å². The molecule has 0 fully saturated rings. The van der Waals surface area contributed by atoms with Gasteiger partial charge < -0.3 is 10.2 Å². The van der Waals surface area contributed by atoms with Gasteiger partial charge in [0.2, 0.25) is 21.8 Å². The molecule has 11 heteroatoms. The van der Waals surface area contributed by atoms with Crippen molar-refractivity contribution in [1.29, 1.82) is 0 Å². The van der Waals surface area contributed by atoms with Gasteiger partial charge >= 0.3 is 0 Å². The highest BCUT2D eigenvalue weighted by Crippen LogP contribution is 2.28. The van der Waals surface area contributed by atoms with Crippen LogP contribution in [0, 0.1) is 5.82 Å². The van der Waals surface area contributed by atoms with E-state index in [0.717, 1.165) is 12.3 Å². The maximum atomic E-state index is 14.5. The molecule has 0 saturated carbocycles. The number of carbonyl (C=O) groups is 2. The van der Waals surface area contributed by atoms with Crippen molar-refractivity contribution in [1.82, 2.24) is 10.2 Å². The predicted molar refractivity (Wildman–Crippen MR) is 138 cm³/mol. The number of rotatable bonds is 9. The molecule has 192 valence electrons. The van der Waals surface area contributed by atoms with Gasteiger partial charge in [0.15, 0.2) is 0 Å². The molecule has 0 aliphatic heterocycles. The zero-order valence-corrected chi connectivity index (χ0v) is 22.6. The van der Waals surface area contributed by atoms with Crippen molar-refractivity contribution in [3.63, 3.8) is 0 Å². The fourth-order valence-electron chi connectivity index (χ4n) is 3.47. The Kier molecular flexibility index (Phi) is 9.56. The summed E-state index contributed by atoms with van der Waals surface area (Å²) in [6.07, 6.45) is 1.11. The van der Waals surface area contributed by atoms with E-state index in [2.05, 4.69) is 5.32 Å². The van der Waals surface area contributed by atoms with Gasteiger partial charge in [-0.1, -0.05) is 48.3 Å². The van der Waals surface area contributed by atoms with Crippen LogP contribution in [-0.4, -0.2) is 49.5 Å². The number of hydrogen-bond donors (Lipinski definition) is 1. The molecule has 1 atom stereocenters. The smallest absolute Gasteiger partial charge is 0.244 e. The summed E-state index contributed by atoms with van der Waals surface area (Å²) >= 11 is 12.7. The van der Waals surface area contributed by atoms with E-state index in [-0.39, 0.29) is 28.7 Å². The number of hydrogen-bond acceptors (Lipinski definition) is 4. The van der Waals surface area contributed by atoms with Crippen LogP contribution >= 0.6 is 23.2 Å². The Balaban J connectivity index is 2.54. The number of amides is 2. The molecule has 2 rings (SSSR count). The number of anilines is 1. The molecule has 0 aliphatic carbocycles. The van der Waals surface area contributed by atoms with Crippen molar-refractivity contribution < 1.29 is 22.4 Å². The normalized spacial score (nSPS) is 12.7. The van der Waals surface area contributed by atoms with Crippen LogP contribution in [0.4, 0.5) is 10.1 Å². The summed E-state index contributed by atoms with van der Waals surface area (Å²) in [5.74, 6) is -1.94. The summed E-state index contributed by atoms with van der Waals surface area (Å²) in [7, 11) is -4.05. The predicted octanol–water partition coefficient (Wildman–Crippen LogP) is 4.62. The molecule has 0 unspecified atom stereocenters. The summed E-state index contributed by atoms with van der Waals surface area (Å²) in [5.41, 5.74) is -0.443. The Morgan fingerprint density at radius 1 is 1.06 bits per heavy atom. The van der Waals surface area contributed by atoms with Crippen molar-refractivity contribution in [2.24, 2.45) is 0 Å². The van der Waals surface area contributed by atoms with Crippen LogP contribution in [0.3, 0.4) is 0 Å². The lowest BCUT2D eigenvalue weighted by Crippen LogP contribution is -2.55. The Morgan fingerprint density at radius 2 is 1.63 bits per heavy atom. The molecule has 2 amide bonds. The first-order valence-corrected chi connectivity index (χ1v) is 13.5. The molecule has 2 aromatic rings. The lowest BCUT2D eigenvalue weighted by atomic mass is 10.1. The van der Waals surface area contributed by atoms with Gasteiger partial charge in [0.05, 0.1) is 11.9 Å². The summed E-state index contributed by atoms with van der Waals surface area (Å²) in [5, 5.41) is 3.43. The standard InChI is InChI=1S/C24H30Cl2FN3O4S/c1-6-20(23(32)28-24(2,3)4)29(14-16-17(25)10-9-11-18(16)26)22(31)15-30(35(5,33)34)21-13-8-7-12-19(21)27/h7-13,20H,6,14-15H2,1-5H3,(H,28,32)/t20-/m1/s1. The molecule has 0 spiro atoms. The molecular formula is C24H30Cl2FN3O4S. The largest absolute Gasteiger partial charge is 0.350 e. The summed E-state index contributed by atoms with van der Waals surface area (Å²) in [6, 6.07) is 9.13. The van der Waals surface area contributed by atoms with Crippen LogP contribution < -0.4 is 9.62 Å². The number of para-hydroxylation sites is 1. The number of benzene rings is 2. The zero-order valence-electron chi connectivity index (χ0n) is 20.3. The van der Waals surface area contributed by atoms with Crippen LogP contribution in [0.25, 0.3) is 0 Å². The van der Waals surface area contributed by atoms with E-state index < -0.39 is 45.8 Å². The Morgan fingerprint density at radius 3 is 2.11 bits per heavy atom. The van der Waals surface area contributed by atoms with Gasteiger partial charge in [0.1, 0.15) is 18.4 Å². The molecular weight excluding hydrogens is 516 g/mol. The van der Waals surface area contributed by atoms with E-state index in [4.69, 9.17) is 23.2 Å². The Labute approximate surface area is 216 Å². The van der Waals surface area contributed by atoms with E-state index >= 15 is 0 Å². The van der Waals surface area contributed by atoms with Gasteiger partial charge in [-0.2, -0.15) is 0 Å². The monoisotopic (exact) mass is 545 g/mol. The highest BCUT2D eigenvalue weighted by atomic mass is 35.5. The van der Waals surface area contributed by atoms with E-state index in [1.165, 1.54) is 23.1 Å². The molecule has 1 N–H and O–H groups in total. The number of nitrogens with zero attached hydrogens (tertiary/aromatic N) is 2. The number of carbonyl (C=O) groups excluding carboxylic acids is 2. The van der Waals surface area contributed by atoms with Crippen molar-refractivity contribution in [3.8, 4) is 0 Å². The molecule has 0 aliphatic rings. The highest BCUT2D eigenvalue weighted by Gasteiger charge is 2.34. The van der Waals surface area contributed by atoms with Gasteiger partial charge in [-0.15, -0.1) is 0 Å². The lowest BCUT2D eigenvalue weighted by molar-refractivity contribution is -0.141. The number of halogens is 3. The molecule has 0 aromatic heterocycles.